The topological polar surface area (TPSA) is 152 Å². The van der Waals surface area contributed by atoms with Crippen molar-refractivity contribution in [3.8, 4) is 11.5 Å². The van der Waals surface area contributed by atoms with E-state index in [1.807, 2.05) is 32.0 Å². The zero-order chi connectivity index (χ0) is 33.6. The SMILES string of the molecule is COCCCOc1cc(C[C@@H](CC(N)[C@H](C[C@H](C(=O)NCC(C)(C)C(N)=O)C(C)C)OC(=O)C(C)C)C(C)C)ccc1OC. The first-order valence-corrected chi connectivity index (χ1v) is 15.9. The highest BCUT2D eigenvalue weighted by atomic mass is 16.5. The molecule has 2 amide bonds. The van der Waals surface area contributed by atoms with Crippen molar-refractivity contribution in [1.29, 1.82) is 0 Å². The van der Waals surface area contributed by atoms with Crippen LogP contribution >= 0.6 is 0 Å². The van der Waals surface area contributed by atoms with Gasteiger partial charge in [-0.2, -0.15) is 0 Å². The second kappa shape index (κ2) is 18.8. The standard InChI is InChI=1S/C34H59N3O7/c1-21(2)25(16-24-12-13-28(42-10)30(17-24)43-15-11-14-41-9)18-27(35)29(44-32(39)23(5)6)19-26(22(3)4)31(38)37-20-34(7,8)33(36)40/h12-13,17,21-23,25-27,29H,11,14-16,18-20,35H2,1-10H3,(H2,36,40)(H,37,38)/t25-,26-,27?,29-/m0/s1. The lowest BCUT2D eigenvalue weighted by molar-refractivity contribution is -0.156. The molecule has 252 valence electrons. The number of ether oxygens (including phenoxy) is 4. The van der Waals surface area contributed by atoms with Crippen LogP contribution in [-0.4, -0.2) is 63.9 Å². The van der Waals surface area contributed by atoms with Crippen LogP contribution in [0.25, 0.3) is 0 Å². The Kier molecular flexibility index (Phi) is 16.8. The Morgan fingerprint density at radius 2 is 1.59 bits per heavy atom. The van der Waals surface area contributed by atoms with E-state index in [2.05, 4.69) is 19.2 Å². The van der Waals surface area contributed by atoms with E-state index in [4.69, 9.17) is 30.4 Å². The third kappa shape index (κ3) is 13.0. The lowest BCUT2D eigenvalue weighted by Crippen LogP contribution is -2.47. The maximum Gasteiger partial charge on any atom is 0.308 e. The van der Waals surface area contributed by atoms with E-state index in [1.165, 1.54) is 0 Å². The molecule has 0 bridgehead atoms. The molecule has 4 atom stereocenters. The summed E-state index contributed by atoms with van der Waals surface area (Å²) in [6.07, 6.45) is 1.70. The van der Waals surface area contributed by atoms with Gasteiger partial charge in [-0.25, -0.2) is 0 Å². The molecule has 0 heterocycles. The molecule has 0 aliphatic heterocycles. The molecule has 44 heavy (non-hydrogen) atoms. The van der Waals surface area contributed by atoms with Crippen LogP contribution in [0.3, 0.4) is 0 Å². The molecule has 1 aromatic rings. The van der Waals surface area contributed by atoms with E-state index in [1.54, 1.807) is 41.9 Å². The molecule has 1 rings (SSSR count). The molecular weight excluding hydrogens is 562 g/mol. The Labute approximate surface area is 265 Å². The van der Waals surface area contributed by atoms with E-state index in [0.717, 1.165) is 18.4 Å². The summed E-state index contributed by atoms with van der Waals surface area (Å²) < 4.78 is 22.6. The summed E-state index contributed by atoms with van der Waals surface area (Å²) in [6, 6.07) is 5.46. The molecule has 0 radical (unpaired) electrons. The van der Waals surface area contributed by atoms with Gasteiger partial charge in [-0.05, 0) is 68.6 Å². The number of benzene rings is 1. The van der Waals surface area contributed by atoms with Crippen molar-refractivity contribution in [2.75, 3.05) is 34.0 Å². The van der Waals surface area contributed by atoms with Crippen LogP contribution < -0.4 is 26.3 Å². The largest absolute Gasteiger partial charge is 0.493 e. The smallest absolute Gasteiger partial charge is 0.308 e. The van der Waals surface area contributed by atoms with Crippen molar-refractivity contribution >= 4 is 17.8 Å². The van der Waals surface area contributed by atoms with Gasteiger partial charge < -0.3 is 35.7 Å². The number of hydrogen-bond acceptors (Lipinski definition) is 8. The fourth-order valence-electron chi connectivity index (χ4n) is 4.80. The Morgan fingerprint density at radius 1 is 0.932 bits per heavy atom. The summed E-state index contributed by atoms with van der Waals surface area (Å²) in [5.41, 5.74) is 12.5. The number of nitrogens with one attached hydrogen (secondary N) is 1. The van der Waals surface area contributed by atoms with Crippen molar-refractivity contribution in [1.82, 2.24) is 5.32 Å². The van der Waals surface area contributed by atoms with E-state index in [9.17, 15) is 14.4 Å². The number of methoxy groups -OCH3 is 2. The van der Waals surface area contributed by atoms with Crippen LogP contribution in [0.2, 0.25) is 0 Å². The Morgan fingerprint density at radius 3 is 2.11 bits per heavy atom. The van der Waals surface area contributed by atoms with Gasteiger partial charge in [-0.3, -0.25) is 14.4 Å². The van der Waals surface area contributed by atoms with Gasteiger partial charge in [0.25, 0.3) is 0 Å². The predicted octanol–water partition coefficient (Wildman–Crippen LogP) is 4.50. The first-order valence-electron chi connectivity index (χ1n) is 15.9. The normalized spacial score (nSPS) is 14.7. The molecule has 10 nitrogen and oxygen atoms in total. The van der Waals surface area contributed by atoms with Gasteiger partial charge in [-0.15, -0.1) is 0 Å². The van der Waals surface area contributed by atoms with Gasteiger partial charge in [0, 0.05) is 38.6 Å². The lowest BCUT2D eigenvalue weighted by atomic mass is 9.80. The van der Waals surface area contributed by atoms with Crippen molar-refractivity contribution < 1.29 is 33.3 Å². The number of primary amides is 1. The van der Waals surface area contributed by atoms with Crippen LogP contribution in [0.4, 0.5) is 0 Å². The van der Waals surface area contributed by atoms with E-state index < -0.39 is 29.4 Å². The minimum Gasteiger partial charge on any atom is -0.493 e. The molecule has 1 unspecified atom stereocenters. The fraction of sp³-hybridized carbons (Fsp3) is 0.735. The van der Waals surface area contributed by atoms with Crippen molar-refractivity contribution in [3.05, 3.63) is 23.8 Å². The minimum absolute atomic E-state index is 0.0540. The van der Waals surface area contributed by atoms with Gasteiger partial charge in [0.1, 0.15) is 6.10 Å². The lowest BCUT2D eigenvalue weighted by Gasteiger charge is -2.33. The molecule has 1 aromatic carbocycles. The molecule has 0 aliphatic carbocycles. The number of hydrogen-bond donors (Lipinski definition) is 3. The molecule has 0 aliphatic rings. The van der Waals surface area contributed by atoms with E-state index in [-0.39, 0.29) is 48.5 Å². The van der Waals surface area contributed by atoms with Crippen LogP contribution in [0.5, 0.6) is 11.5 Å². The number of carbonyl (C=O) groups excluding carboxylic acids is 3. The Bertz CT molecular complexity index is 1040. The second-order valence-corrected chi connectivity index (χ2v) is 13.5. The summed E-state index contributed by atoms with van der Waals surface area (Å²) in [5, 5.41) is 2.88. The van der Waals surface area contributed by atoms with Gasteiger partial charge >= 0.3 is 5.97 Å². The number of esters is 1. The van der Waals surface area contributed by atoms with Gasteiger partial charge in [-0.1, -0.05) is 47.6 Å². The average Bonchev–Trinajstić information content (AvgIpc) is 2.95. The highest BCUT2D eigenvalue weighted by Crippen LogP contribution is 2.32. The Balaban J connectivity index is 3.18. The molecule has 0 saturated heterocycles. The first kappa shape index (κ1) is 39.2. The van der Waals surface area contributed by atoms with Gasteiger partial charge in [0.05, 0.1) is 25.0 Å². The van der Waals surface area contributed by atoms with Crippen molar-refractivity contribution in [2.24, 2.45) is 46.5 Å². The van der Waals surface area contributed by atoms with E-state index in [0.29, 0.717) is 31.1 Å². The molecule has 0 fully saturated rings. The molecule has 0 aromatic heterocycles. The maximum absolute atomic E-state index is 13.3. The monoisotopic (exact) mass is 621 g/mol. The zero-order valence-corrected chi connectivity index (χ0v) is 28.7. The number of carbonyl (C=O) groups is 3. The van der Waals surface area contributed by atoms with Gasteiger partial charge in [0.2, 0.25) is 11.8 Å². The molecular formula is C34H59N3O7. The minimum atomic E-state index is -0.891. The molecule has 10 heteroatoms. The van der Waals surface area contributed by atoms with Crippen molar-refractivity contribution in [2.45, 2.75) is 93.2 Å². The number of rotatable bonds is 21. The first-order chi connectivity index (χ1) is 20.5. The summed E-state index contributed by atoms with van der Waals surface area (Å²) in [7, 11) is 3.28. The van der Waals surface area contributed by atoms with Crippen LogP contribution in [0.1, 0.15) is 80.2 Å². The molecule has 5 N–H and O–H groups in total. The third-order valence-corrected chi connectivity index (χ3v) is 8.21. The Hall–Kier alpha value is -2.85. The quantitative estimate of drug-likeness (QED) is 0.134. The summed E-state index contributed by atoms with van der Waals surface area (Å²) in [6.45, 7) is 16.4. The highest BCUT2D eigenvalue weighted by Gasteiger charge is 2.35. The number of amides is 2. The van der Waals surface area contributed by atoms with Crippen LogP contribution in [-0.2, 0) is 30.3 Å². The van der Waals surface area contributed by atoms with Crippen LogP contribution in [0.15, 0.2) is 18.2 Å². The fourth-order valence-corrected chi connectivity index (χ4v) is 4.80. The summed E-state index contributed by atoms with van der Waals surface area (Å²) in [5.74, 6) is -0.130. The highest BCUT2D eigenvalue weighted by molar-refractivity contribution is 5.83. The maximum atomic E-state index is 13.3. The van der Waals surface area contributed by atoms with Crippen LogP contribution in [0, 0.1) is 35.0 Å². The average molecular weight is 622 g/mol. The van der Waals surface area contributed by atoms with Crippen molar-refractivity contribution in [3.63, 3.8) is 0 Å². The zero-order valence-electron chi connectivity index (χ0n) is 28.7. The second-order valence-electron chi connectivity index (χ2n) is 13.5. The molecule has 0 saturated carbocycles. The van der Waals surface area contributed by atoms with E-state index >= 15 is 0 Å². The predicted molar refractivity (Wildman–Crippen MR) is 173 cm³/mol. The van der Waals surface area contributed by atoms with Gasteiger partial charge in [0.15, 0.2) is 11.5 Å². The summed E-state index contributed by atoms with van der Waals surface area (Å²) in [4.78, 5) is 37.9. The molecule has 0 spiro atoms. The number of nitrogens with two attached hydrogens (primary N) is 2. The summed E-state index contributed by atoms with van der Waals surface area (Å²) >= 11 is 0. The third-order valence-electron chi connectivity index (χ3n) is 8.21.